The average Bonchev–Trinajstić information content (AvgIpc) is 3.29. The van der Waals surface area contributed by atoms with E-state index < -0.39 is 9.84 Å². The number of ether oxygens (including phenoxy) is 1. The molecule has 3 nitrogen and oxygen atoms in total. The van der Waals surface area contributed by atoms with Crippen LogP contribution in [0.1, 0.15) is 17.9 Å². The van der Waals surface area contributed by atoms with Gasteiger partial charge in [0.1, 0.15) is 5.75 Å². The lowest BCUT2D eigenvalue weighted by Gasteiger charge is -2.05. The van der Waals surface area contributed by atoms with Gasteiger partial charge in [-0.05, 0) is 36.2 Å². The van der Waals surface area contributed by atoms with E-state index in [9.17, 15) is 8.42 Å². The lowest BCUT2D eigenvalue weighted by molar-refractivity contribution is 0.414. The zero-order chi connectivity index (χ0) is 14.2. The van der Waals surface area contributed by atoms with E-state index in [-0.39, 0.29) is 11.2 Å². The van der Waals surface area contributed by atoms with Crippen molar-refractivity contribution in [3.63, 3.8) is 0 Å². The van der Waals surface area contributed by atoms with E-state index in [2.05, 4.69) is 0 Å². The first-order chi connectivity index (χ1) is 9.63. The molecule has 20 heavy (non-hydrogen) atoms. The topological polar surface area (TPSA) is 43.4 Å². The van der Waals surface area contributed by atoms with Crippen molar-refractivity contribution in [3.05, 3.63) is 60.2 Å². The molecule has 0 radical (unpaired) electrons. The van der Waals surface area contributed by atoms with Crippen molar-refractivity contribution >= 4 is 9.84 Å². The molecule has 0 aromatic heterocycles. The first-order valence-electron chi connectivity index (χ1n) is 6.56. The summed E-state index contributed by atoms with van der Waals surface area (Å²) in [5.41, 5.74) is 1.11. The molecule has 2 aromatic carbocycles. The van der Waals surface area contributed by atoms with Gasteiger partial charge in [0.25, 0.3) is 0 Å². The van der Waals surface area contributed by atoms with Crippen molar-refractivity contribution < 1.29 is 13.2 Å². The number of hydrogen-bond donors (Lipinski definition) is 0. The zero-order valence-electron chi connectivity index (χ0n) is 11.2. The van der Waals surface area contributed by atoms with Crippen LogP contribution in [0, 0.1) is 0 Å². The Balaban J connectivity index is 1.83. The van der Waals surface area contributed by atoms with Crippen molar-refractivity contribution in [1.29, 1.82) is 0 Å². The van der Waals surface area contributed by atoms with E-state index in [0.29, 0.717) is 17.1 Å². The second-order valence-electron chi connectivity index (χ2n) is 5.01. The van der Waals surface area contributed by atoms with Gasteiger partial charge in [-0.15, -0.1) is 0 Å². The van der Waals surface area contributed by atoms with Crippen LogP contribution >= 0.6 is 0 Å². The molecule has 4 heteroatoms. The Bertz CT molecular complexity index is 690. The molecule has 0 N–H and O–H groups in total. The average molecular weight is 288 g/mol. The monoisotopic (exact) mass is 288 g/mol. The van der Waals surface area contributed by atoms with Crippen LogP contribution in [0.5, 0.6) is 5.75 Å². The predicted octanol–water partition coefficient (Wildman–Crippen LogP) is 3.03. The molecule has 0 aliphatic heterocycles. The second kappa shape index (κ2) is 4.94. The molecule has 0 saturated heterocycles. The molecule has 0 amide bonds. The Morgan fingerprint density at radius 2 is 1.65 bits per heavy atom. The molecule has 1 aliphatic rings. The van der Waals surface area contributed by atoms with Crippen molar-refractivity contribution in [2.24, 2.45) is 0 Å². The largest absolute Gasteiger partial charge is 0.497 e. The number of sulfone groups is 1. The molecule has 1 aliphatic carbocycles. The number of hydrogen-bond acceptors (Lipinski definition) is 3. The van der Waals surface area contributed by atoms with Gasteiger partial charge in [0.2, 0.25) is 0 Å². The van der Waals surface area contributed by atoms with Crippen LogP contribution in [-0.4, -0.2) is 20.8 Å². The highest BCUT2D eigenvalue weighted by Gasteiger charge is 2.48. The summed E-state index contributed by atoms with van der Waals surface area (Å²) in [5, 5.41) is -0.293. The van der Waals surface area contributed by atoms with Gasteiger partial charge in [-0.2, -0.15) is 0 Å². The molecule has 0 unspecified atom stereocenters. The lowest BCUT2D eigenvalue weighted by Crippen LogP contribution is -2.09. The van der Waals surface area contributed by atoms with E-state index in [4.69, 9.17) is 4.74 Å². The van der Waals surface area contributed by atoms with E-state index >= 15 is 0 Å². The summed E-state index contributed by atoms with van der Waals surface area (Å²) in [6.45, 7) is 0. The van der Waals surface area contributed by atoms with Crippen LogP contribution in [0.2, 0.25) is 0 Å². The van der Waals surface area contributed by atoms with Gasteiger partial charge in [-0.1, -0.05) is 30.3 Å². The molecule has 1 fully saturated rings. The lowest BCUT2D eigenvalue weighted by atomic mass is 10.1. The molecular weight excluding hydrogens is 272 g/mol. The highest BCUT2D eigenvalue weighted by atomic mass is 32.2. The summed E-state index contributed by atoms with van der Waals surface area (Å²) < 4.78 is 30.1. The SMILES string of the molecule is COc1ccc(S(=O)(=O)[C@@H]2C[C@H]2c2ccccc2)cc1. The van der Waals surface area contributed by atoms with Crippen molar-refractivity contribution in [2.45, 2.75) is 22.5 Å². The van der Waals surface area contributed by atoms with Gasteiger partial charge in [0, 0.05) is 5.92 Å². The molecule has 0 heterocycles. The van der Waals surface area contributed by atoms with E-state index in [1.165, 1.54) is 0 Å². The third-order valence-electron chi connectivity index (χ3n) is 3.75. The van der Waals surface area contributed by atoms with Crippen LogP contribution in [0.3, 0.4) is 0 Å². The Morgan fingerprint density at radius 1 is 1.00 bits per heavy atom. The highest BCUT2D eigenvalue weighted by molar-refractivity contribution is 7.92. The molecule has 0 spiro atoms. The smallest absolute Gasteiger partial charge is 0.181 e. The van der Waals surface area contributed by atoms with Gasteiger partial charge in [0.15, 0.2) is 9.84 Å². The van der Waals surface area contributed by atoms with Crippen molar-refractivity contribution in [3.8, 4) is 5.75 Å². The Labute approximate surface area is 119 Å². The fraction of sp³-hybridized carbons (Fsp3) is 0.250. The number of methoxy groups -OCH3 is 1. The van der Waals surface area contributed by atoms with E-state index in [0.717, 1.165) is 5.56 Å². The minimum atomic E-state index is -3.24. The summed E-state index contributed by atoms with van der Waals surface area (Å²) in [5.74, 6) is 0.794. The Morgan fingerprint density at radius 3 is 2.25 bits per heavy atom. The number of rotatable bonds is 4. The highest BCUT2D eigenvalue weighted by Crippen LogP contribution is 2.48. The molecular formula is C16H16O3S. The number of benzene rings is 2. The molecule has 2 atom stereocenters. The van der Waals surface area contributed by atoms with Gasteiger partial charge in [-0.25, -0.2) is 8.42 Å². The first kappa shape index (κ1) is 13.2. The second-order valence-corrected chi connectivity index (χ2v) is 7.18. The maximum Gasteiger partial charge on any atom is 0.181 e. The summed E-state index contributed by atoms with van der Waals surface area (Å²) >= 11 is 0. The van der Waals surface area contributed by atoms with Gasteiger partial charge in [0.05, 0.1) is 17.3 Å². The van der Waals surface area contributed by atoms with Crippen LogP contribution in [0.25, 0.3) is 0 Å². The zero-order valence-corrected chi connectivity index (χ0v) is 12.0. The normalized spacial score (nSPS) is 21.4. The van der Waals surface area contributed by atoms with Crippen molar-refractivity contribution in [2.75, 3.05) is 7.11 Å². The summed E-state index contributed by atoms with van der Waals surface area (Å²) in [4.78, 5) is 0.377. The van der Waals surface area contributed by atoms with Gasteiger partial charge < -0.3 is 4.74 Å². The van der Waals surface area contributed by atoms with Crippen LogP contribution in [-0.2, 0) is 9.84 Å². The minimum absolute atomic E-state index is 0.128. The fourth-order valence-electron chi connectivity index (χ4n) is 2.51. The standard InChI is InChI=1S/C16H16O3S/c1-19-13-7-9-14(10-8-13)20(17,18)16-11-15(16)12-5-3-2-4-6-12/h2-10,15-16H,11H2,1H3/t15-,16+/m0/s1. The maximum absolute atomic E-state index is 12.5. The third kappa shape index (κ3) is 2.31. The molecule has 0 bridgehead atoms. The molecule has 1 saturated carbocycles. The van der Waals surface area contributed by atoms with Gasteiger partial charge >= 0.3 is 0 Å². The van der Waals surface area contributed by atoms with Crippen LogP contribution in [0.15, 0.2) is 59.5 Å². The fourth-order valence-corrected chi connectivity index (χ4v) is 4.42. The van der Waals surface area contributed by atoms with Gasteiger partial charge in [-0.3, -0.25) is 0 Å². The van der Waals surface area contributed by atoms with E-state index in [1.807, 2.05) is 30.3 Å². The molecule has 2 aromatic rings. The van der Waals surface area contributed by atoms with Crippen molar-refractivity contribution in [1.82, 2.24) is 0 Å². The molecule has 3 rings (SSSR count). The predicted molar refractivity (Wildman–Crippen MR) is 77.8 cm³/mol. The van der Waals surface area contributed by atoms with Crippen LogP contribution in [0.4, 0.5) is 0 Å². The molecule has 104 valence electrons. The Hall–Kier alpha value is -1.81. The van der Waals surface area contributed by atoms with Crippen LogP contribution < -0.4 is 4.74 Å². The summed E-state index contributed by atoms with van der Waals surface area (Å²) in [6.07, 6.45) is 0.707. The minimum Gasteiger partial charge on any atom is -0.497 e. The quantitative estimate of drug-likeness (QED) is 0.868. The first-order valence-corrected chi connectivity index (χ1v) is 8.10. The van der Waals surface area contributed by atoms with E-state index in [1.54, 1.807) is 31.4 Å². The maximum atomic E-state index is 12.5. The Kier molecular flexibility index (Phi) is 3.26. The summed E-state index contributed by atoms with van der Waals surface area (Å²) in [7, 11) is -1.68. The summed E-state index contributed by atoms with van der Waals surface area (Å²) in [6, 6.07) is 16.4. The third-order valence-corrected chi connectivity index (χ3v) is 5.99.